The van der Waals surface area contributed by atoms with Crippen LogP contribution in [0.4, 0.5) is 11.4 Å². The first-order valence-corrected chi connectivity index (χ1v) is 11.3. The van der Waals surface area contributed by atoms with E-state index in [0.717, 1.165) is 11.3 Å². The van der Waals surface area contributed by atoms with Gasteiger partial charge in [0.25, 0.3) is 0 Å². The third-order valence-corrected chi connectivity index (χ3v) is 7.32. The molecule has 2 unspecified atom stereocenters. The monoisotopic (exact) mass is 440 g/mol. The Hall–Kier alpha value is -3.38. The number of nitrogens with zero attached hydrogens (tertiary/aromatic N) is 3. The largest absolute Gasteiger partial charge is 0.372 e. The van der Waals surface area contributed by atoms with Gasteiger partial charge in [-0.3, -0.25) is 9.59 Å². The van der Waals surface area contributed by atoms with E-state index in [4.69, 9.17) is 5.26 Å². The molecule has 3 rings (SSSR count). The lowest BCUT2D eigenvalue weighted by atomic mass is 10.1. The number of fused-ring (bicyclic) bond motifs is 1. The minimum Gasteiger partial charge on any atom is -0.372 e. The summed E-state index contributed by atoms with van der Waals surface area (Å²) in [5.41, 5.74) is 2.27. The number of para-hydroxylation sites is 1. The second-order valence-electron chi connectivity index (χ2n) is 7.59. The van der Waals surface area contributed by atoms with Gasteiger partial charge in [-0.15, -0.1) is 0 Å². The number of amides is 2. The molecule has 0 bridgehead atoms. The molecule has 1 aliphatic rings. The Kier molecular flexibility index (Phi) is 6.32. The maximum Gasteiger partial charge on any atom is 0.313 e. The lowest BCUT2D eigenvalue weighted by Crippen LogP contribution is -2.46. The van der Waals surface area contributed by atoms with Gasteiger partial charge < -0.3 is 15.1 Å². The van der Waals surface area contributed by atoms with Crippen LogP contribution in [0, 0.1) is 11.3 Å². The van der Waals surface area contributed by atoms with Gasteiger partial charge in [-0.25, -0.2) is 8.42 Å². The summed E-state index contributed by atoms with van der Waals surface area (Å²) in [6, 6.07) is 14.7. The maximum atomic E-state index is 12.9. The van der Waals surface area contributed by atoms with Gasteiger partial charge in [0.2, 0.25) is 0 Å². The molecule has 2 aromatic carbocycles. The number of nitriles is 1. The van der Waals surface area contributed by atoms with Crippen LogP contribution in [0.25, 0.3) is 0 Å². The number of rotatable bonds is 3. The molecule has 0 saturated carbocycles. The van der Waals surface area contributed by atoms with E-state index < -0.39 is 26.9 Å². The van der Waals surface area contributed by atoms with Gasteiger partial charge in [0.1, 0.15) is 5.25 Å². The van der Waals surface area contributed by atoms with Crippen LogP contribution in [-0.2, 0) is 26.0 Å². The van der Waals surface area contributed by atoms with Crippen molar-refractivity contribution >= 4 is 33.0 Å². The standard InChI is InChI=1S/C22H24N4O4S/c1-15-13-25(3)20-7-5-4-6-17(20)14-26(15)22(28)21(27)24-18-8-10-19(11-9-18)31(29,30)16(2)12-23/h4-11,15-16H,13-14H2,1-3H3,(H,24,27). The van der Waals surface area contributed by atoms with Gasteiger partial charge in [-0.05, 0) is 49.7 Å². The van der Waals surface area contributed by atoms with E-state index in [1.807, 2.05) is 38.2 Å². The van der Waals surface area contributed by atoms with Gasteiger partial charge in [0.15, 0.2) is 9.84 Å². The number of likely N-dealkylation sites (N-methyl/N-ethyl adjacent to an activating group) is 1. The molecular weight excluding hydrogens is 416 g/mol. The van der Waals surface area contributed by atoms with E-state index in [2.05, 4.69) is 10.2 Å². The average Bonchev–Trinajstić information content (AvgIpc) is 2.88. The number of nitrogens with one attached hydrogen (secondary N) is 1. The van der Waals surface area contributed by atoms with Crippen LogP contribution < -0.4 is 10.2 Å². The van der Waals surface area contributed by atoms with Gasteiger partial charge in [-0.1, -0.05) is 18.2 Å². The van der Waals surface area contributed by atoms with E-state index in [1.54, 1.807) is 6.07 Å². The highest BCUT2D eigenvalue weighted by molar-refractivity contribution is 7.92. The summed E-state index contributed by atoms with van der Waals surface area (Å²) in [6.07, 6.45) is 0. The van der Waals surface area contributed by atoms with Gasteiger partial charge in [0, 0.05) is 37.6 Å². The van der Waals surface area contributed by atoms with Crippen LogP contribution in [0.1, 0.15) is 19.4 Å². The Labute approximate surface area is 182 Å². The number of anilines is 2. The van der Waals surface area contributed by atoms with Gasteiger partial charge in [-0.2, -0.15) is 5.26 Å². The Morgan fingerprint density at radius 1 is 1.16 bits per heavy atom. The zero-order valence-corrected chi connectivity index (χ0v) is 18.4. The summed E-state index contributed by atoms with van der Waals surface area (Å²) in [5.74, 6) is -1.46. The van der Waals surface area contributed by atoms with Crippen molar-refractivity contribution in [3.05, 3.63) is 54.1 Å². The molecule has 0 aliphatic carbocycles. The number of hydrogen-bond acceptors (Lipinski definition) is 6. The van der Waals surface area contributed by atoms with Crippen LogP contribution in [0.2, 0.25) is 0 Å². The molecule has 0 fully saturated rings. The minimum atomic E-state index is -3.77. The van der Waals surface area contributed by atoms with Crippen molar-refractivity contribution in [2.75, 3.05) is 23.8 Å². The highest BCUT2D eigenvalue weighted by Gasteiger charge is 2.31. The van der Waals surface area contributed by atoms with Crippen molar-refractivity contribution in [2.45, 2.75) is 36.6 Å². The van der Waals surface area contributed by atoms with Crippen LogP contribution >= 0.6 is 0 Å². The summed E-state index contributed by atoms with van der Waals surface area (Å²) in [5, 5.41) is 10.2. The summed E-state index contributed by atoms with van der Waals surface area (Å²) in [6.45, 7) is 4.10. The predicted octanol–water partition coefficient (Wildman–Crippen LogP) is 2.18. The number of carbonyl (C=O) groups excluding carboxylic acids is 2. The normalized spacial score (nSPS) is 17.2. The second kappa shape index (κ2) is 8.78. The van der Waals surface area contributed by atoms with Crippen molar-refractivity contribution in [3.8, 4) is 6.07 Å². The summed E-state index contributed by atoms with van der Waals surface area (Å²) >= 11 is 0. The molecule has 0 aromatic heterocycles. The molecule has 2 amide bonds. The Bertz CT molecular complexity index is 1140. The molecule has 1 heterocycles. The van der Waals surface area contributed by atoms with Crippen molar-refractivity contribution in [1.29, 1.82) is 5.26 Å². The predicted molar refractivity (Wildman–Crippen MR) is 117 cm³/mol. The molecule has 162 valence electrons. The molecule has 1 N–H and O–H groups in total. The Morgan fingerprint density at radius 3 is 2.45 bits per heavy atom. The molecule has 2 atom stereocenters. The fourth-order valence-electron chi connectivity index (χ4n) is 3.54. The SMILES string of the molecule is CC1CN(C)c2ccccc2CN1C(=O)C(=O)Nc1ccc(S(=O)(=O)C(C)C#N)cc1. The molecule has 2 aromatic rings. The lowest BCUT2D eigenvalue weighted by Gasteiger charge is -2.28. The molecule has 9 heteroatoms. The van der Waals surface area contributed by atoms with E-state index in [9.17, 15) is 18.0 Å². The third kappa shape index (κ3) is 4.54. The summed E-state index contributed by atoms with van der Waals surface area (Å²) < 4.78 is 24.5. The maximum absolute atomic E-state index is 12.9. The minimum absolute atomic E-state index is 0.0216. The number of carbonyl (C=O) groups is 2. The lowest BCUT2D eigenvalue weighted by molar-refractivity contribution is -0.144. The smallest absolute Gasteiger partial charge is 0.313 e. The fourth-order valence-corrected chi connectivity index (χ4v) is 4.60. The Morgan fingerprint density at radius 2 is 1.81 bits per heavy atom. The number of sulfone groups is 1. The third-order valence-electron chi connectivity index (χ3n) is 5.36. The molecular formula is C22H24N4O4S. The Balaban J connectivity index is 1.75. The van der Waals surface area contributed by atoms with Gasteiger partial charge >= 0.3 is 11.8 Å². The van der Waals surface area contributed by atoms with E-state index in [0.29, 0.717) is 18.8 Å². The highest BCUT2D eigenvalue weighted by atomic mass is 32.2. The van der Waals surface area contributed by atoms with Crippen LogP contribution in [-0.4, -0.2) is 50.0 Å². The van der Waals surface area contributed by atoms with E-state index in [-0.39, 0.29) is 10.9 Å². The van der Waals surface area contributed by atoms with Crippen LogP contribution in [0.5, 0.6) is 0 Å². The quantitative estimate of drug-likeness (QED) is 0.733. The zero-order chi connectivity index (χ0) is 22.8. The molecule has 31 heavy (non-hydrogen) atoms. The fraction of sp³-hybridized carbons (Fsp3) is 0.318. The molecule has 8 nitrogen and oxygen atoms in total. The first-order chi connectivity index (χ1) is 14.6. The second-order valence-corrected chi connectivity index (χ2v) is 9.85. The average molecular weight is 441 g/mol. The molecule has 0 saturated heterocycles. The molecule has 0 spiro atoms. The van der Waals surface area contributed by atoms with Crippen LogP contribution in [0.15, 0.2) is 53.4 Å². The van der Waals surface area contributed by atoms with E-state index >= 15 is 0 Å². The number of benzene rings is 2. The summed E-state index contributed by atoms with van der Waals surface area (Å²) in [7, 11) is -1.82. The molecule has 1 aliphatic heterocycles. The van der Waals surface area contributed by atoms with Crippen molar-refractivity contribution in [3.63, 3.8) is 0 Å². The number of hydrogen-bond donors (Lipinski definition) is 1. The topological polar surface area (TPSA) is 111 Å². The van der Waals surface area contributed by atoms with Gasteiger partial charge in [0.05, 0.1) is 11.0 Å². The molecule has 0 radical (unpaired) electrons. The van der Waals surface area contributed by atoms with Crippen molar-refractivity contribution in [2.24, 2.45) is 0 Å². The van der Waals surface area contributed by atoms with Crippen molar-refractivity contribution < 1.29 is 18.0 Å². The highest BCUT2D eigenvalue weighted by Crippen LogP contribution is 2.26. The van der Waals surface area contributed by atoms with E-state index in [1.165, 1.54) is 36.1 Å². The van der Waals surface area contributed by atoms with Crippen molar-refractivity contribution in [1.82, 2.24) is 4.90 Å². The first kappa shape index (κ1) is 22.3. The first-order valence-electron chi connectivity index (χ1n) is 9.79. The summed E-state index contributed by atoms with van der Waals surface area (Å²) in [4.78, 5) is 29.1. The van der Waals surface area contributed by atoms with Crippen LogP contribution in [0.3, 0.4) is 0 Å². The zero-order valence-electron chi connectivity index (χ0n) is 17.6.